The molecule has 0 radical (unpaired) electrons. The van der Waals surface area contributed by atoms with Crippen LogP contribution in [0, 0.1) is 0 Å². The number of carboxylic acid groups (broad SMARTS) is 1. The zero-order valence-corrected chi connectivity index (χ0v) is 17.9. The van der Waals surface area contributed by atoms with E-state index in [1.54, 1.807) is 0 Å². The topological polar surface area (TPSA) is 220 Å². The number of nitrogens with one attached hydrogen (secondary N) is 4. The van der Waals surface area contributed by atoms with Gasteiger partial charge in [-0.3, -0.25) is 14.4 Å². The zero-order valence-electron chi connectivity index (χ0n) is 17.0. The highest BCUT2D eigenvalue weighted by atomic mass is 32.1. The summed E-state index contributed by atoms with van der Waals surface area (Å²) in [6.45, 7) is 2.54. The van der Waals surface area contributed by atoms with Crippen LogP contribution in [-0.2, 0) is 25.6 Å². The van der Waals surface area contributed by atoms with E-state index >= 15 is 0 Å². The number of rotatable bonds is 12. The third-order valence-electron chi connectivity index (χ3n) is 4.29. The Kier molecular flexibility index (Phi) is 10.4. The quantitative estimate of drug-likeness (QED) is 0.141. The molecular weight excluding hydrogens is 432 g/mol. The molecule has 31 heavy (non-hydrogen) atoms. The van der Waals surface area contributed by atoms with Crippen molar-refractivity contribution in [3.8, 4) is 0 Å². The number of aliphatic hydroxyl groups is 2. The maximum Gasteiger partial charge on any atom is 0.327 e. The average Bonchev–Trinajstić information content (AvgIpc) is 3.20. The summed E-state index contributed by atoms with van der Waals surface area (Å²) in [5, 5.41) is 35.3. The van der Waals surface area contributed by atoms with Gasteiger partial charge in [-0.1, -0.05) is 0 Å². The van der Waals surface area contributed by atoms with Crippen molar-refractivity contribution in [1.82, 2.24) is 25.9 Å². The fourth-order valence-electron chi connectivity index (χ4n) is 2.42. The van der Waals surface area contributed by atoms with E-state index in [4.69, 9.17) is 10.8 Å². The summed E-state index contributed by atoms with van der Waals surface area (Å²) in [5.74, 6) is -4.15. The van der Waals surface area contributed by atoms with E-state index < -0.39 is 60.1 Å². The standard InChI is InChI=1S/C17H28N6O7S/c1-7(24)12(18)15(27)21-10(3-9-4-19-6-20-9)14(26)23-13(8(2)25)16(28)22-11(5-31)17(29)30/h4,6-8,10-13,24-25,31H,3,5,18H2,1-2H3,(H,19,20)(H,21,27)(H,22,28)(H,23,26)(H,29,30). The molecule has 0 bridgehead atoms. The molecule has 6 atom stereocenters. The maximum atomic E-state index is 12.8. The maximum absolute atomic E-state index is 12.8. The lowest BCUT2D eigenvalue weighted by molar-refractivity contribution is -0.142. The molecule has 0 saturated heterocycles. The van der Waals surface area contributed by atoms with Crippen molar-refractivity contribution in [3.05, 3.63) is 18.2 Å². The Labute approximate surface area is 183 Å². The van der Waals surface area contributed by atoms with Crippen LogP contribution in [-0.4, -0.2) is 91.1 Å². The van der Waals surface area contributed by atoms with E-state index in [1.165, 1.54) is 26.4 Å². The van der Waals surface area contributed by atoms with E-state index in [1.807, 2.05) is 0 Å². The molecule has 0 aromatic carbocycles. The van der Waals surface area contributed by atoms with Crippen molar-refractivity contribution in [1.29, 1.82) is 0 Å². The van der Waals surface area contributed by atoms with Gasteiger partial charge in [0.15, 0.2) is 0 Å². The molecule has 0 aliphatic rings. The number of H-pyrrole nitrogens is 1. The normalized spacial score (nSPS) is 16.8. The van der Waals surface area contributed by atoms with Gasteiger partial charge in [0.25, 0.3) is 0 Å². The highest BCUT2D eigenvalue weighted by Gasteiger charge is 2.33. The van der Waals surface area contributed by atoms with Crippen LogP contribution < -0.4 is 21.7 Å². The van der Waals surface area contributed by atoms with Crippen LogP contribution in [0.1, 0.15) is 19.5 Å². The van der Waals surface area contributed by atoms with Gasteiger partial charge in [-0.25, -0.2) is 9.78 Å². The molecule has 9 N–H and O–H groups in total. The number of hydrogen-bond acceptors (Lipinski definition) is 9. The lowest BCUT2D eigenvalue weighted by atomic mass is 10.1. The number of aliphatic carboxylic acids is 1. The first kappa shape index (κ1) is 26.4. The number of thiol groups is 1. The van der Waals surface area contributed by atoms with Gasteiger partial charge in [0.05, 0.1) is 18.5 Å². The summed E-state index contributed by atoms with van der Waals surface area (Å²) >= 11 is 3.84. The first-order valence-electron chi connectivity index (χ1n) is 9.31. The van der Waals surface area contributed by atoms with Crippen LogP contribution in [0.2, 0.25) is 0 Å². The highest BCUT2D eigenvalue weighted by Crippen LogP contribution is 2.03. The molecule has 174 valence electrons. The SMILES string of the molecule is CC(O)C(N)C(=O)NC(Cc1cnc[nH]1)C(=O)NC(C(=O)NC(CS)C(=O)O)C(C)O. The van der Waals surface area contributed by atoms with Crippen molar-refractivity contribution < 1.29 is 34.5 Å². The van der Waals surface area contributed by atoms with Crippen LogP contribution >= 0.6 is 12.6 Å². The molecule has 1 aromatic rings. The summed E-state index contributed by atoms with van der Waals surface area (Å²) < 4.78 is 0. The van der Waals surface area contributed by atoms with Gasteiger partial charge in [0.1, 0.15) is 24.2 Å². The number of amides is 3. The van der Waals surface area contributed by atoms with Crippen molar-refractivity contribution in [2.45, 2.75) is 56.6 Å². The van der Waals surface area contributed by atoms with E-state index in [0.29, 0.717) is 5.69 Å². The Morgan fingerprint density at radius 3 is 2.13 bits per heavy atom. The predicted octanol–water partition coefficient (Wildman–Crippen LogP) is -3.49. The number of aromatic nitrogens is 2. The first-order valence-corrected chi connectivity index (χ1v) is 9.94. The van der Waals surface area contributed by atoms with Gasteiger partial charge >= 0.3 is 5.97 Å². The second-order valence-electron chi connectivity index (χ2n) is 6.92. The third-order valence-corrected chi connectivity index (χ3v) is 4.66. The van der Waals surface area contributed by atoms with E-state index in [0.717, 1.165) is 0 Å². The van der Waals surface area contributed by atoms with Crippen LogP contribution in [0.5, 0.6) is 0 Å². The minimum Gasteiger partial charge on any atom is -0.480 e. The second-order valence-corrected chi connectivity index (χ2v) is 7.28. The minimum absolute atomic E-state index is 0.0629. The zero-order chi connectivity index (χ0) is 23.7. The highest BCUT2D eigenvalue weighted by molar-refractivity contribution is 7.80. The molecule has 13 nitrogen and oxygen atoms in total. The predicted molar refractivity (Wildman–Crippen MR) is 111 cm³/mol. The van der Waals surface area contributed by atoms with E-state index in [9.17, 15) is 29.4 Å². The number of carbonyl (C=O) groups excluding carboxylic acids is 3. The molecule has 3 amide bonds. The summed E-state index contributed by atoms with van der Waals surface area (Å²) in [6.07, 6.45) is 0.155. The molecule has 0 fully saturated rings. The molecule has 0 aliphatic heterocycles. The average molecular weight is 461 g/mol. The summed E-state index contributed by atoms with van der Waals surface area (Å²) in [6, 6.07) is -5.40. The first-order chi connectivity index (χ1) is 14.5. The number of imidazole rings is 1. The second kappa shape index (κ2) is 12.2. The number of carboxylic acids is 1. The molecule has 1 heterocycles. The number of hydrogen-bond donors (Lipinski definition) is 9. The molecular formula is C17H28N6O7S. The Bertz CT molecular complexity index is 758. The van der Waals surface area contributed by atoms with Gasteiger partial charge in [0.2, 0.25) is 17.7 Å². The largest absolute Gasteiger partial charge is 0.480 e. The molecule has 0 aliphatic carbocycles. The minimum atomic E-state index is -1.51. The van der Waals surface area contributed by atoms with Gasteiger partial charge in [0, 0.05) is 24.1 Å². The van der Waals surface area contributed by atoms with Crippen LogP contribution in [0.4, 0.5) is 0 Å². The fraction of sp³-hybridized carbons (Fsp3) is 0.588. The van der Waals surface area contributed by atoms with Crippen molar-refractivity contribution in [3.63, 3.8) is 0 Å². The van der Waals surface area contributed by atoms with Gasteiger partial charge in [-0.05, 0) is 13.8 Å². The third kappa shape index (κ3) is 8.16. The summed E-state index contributed by atoms with van der Waals surface area (Å²) in [5.41, 5.74) is 6.07. The lowest BCUT2D eigenvalue weighted by Gasteiger charge is -2.26. The summed E-state index contributed by atoms with van der Waals surface area (Å²) in [7, 11) is 0. The number of nitrogens with zero attached hydrogens (tertiary/aromatic N) is 1. The Hall–Kier alpha value is -2.68. The number of nitrogens with two attached hydrogens (primary N) is 1. The van der Waals surface area contributed by atoms with Crippen LogP contribution in [0.3, 0.4) is 0 Å². The number of carbonyl (C=O) groups is 4. The van der Waals surface area contributed by atoms with Crippen LogP contribution in [0.25, 0.3) is 0 Å². The van der Waals surface area contributed by atoms with E-state index in [-0.39, 0.29) is 12.2 Å². The Morgan fingerprint density at radius 2 is 1.68 bits per heavy atom. The van der Waals surface area contributed by atoms with Crippen molar-refractivity contribution in [2.24, 2.45) is 5.73 Å². The van der Waals surface area contributed by atoms with Gasteiger partial charge in [-0.15, -0.1) is 0 Å². The van der Waals surface area contributed by atoms with Crippen LogP contribution in [0.15, 0.2) is 12.5 Å². The molecule has 6 unspecified atom stereocenters. The smallest absolute Gasteiger partial charge is 0.327 e. The molecule has 1 aromatic heterocycles. The van der Waals surface area contributed by atoms with E-state index in [2.05, 4.69) is 38.5 Å². The molecule has 0 spiro atoms. The molecule has 1 rings (SSSR count). The van der Waals surface area contributed by atoms with Gasteiger partial charge < -0.3 is 42.0 Å². The van der Waals surface area contributed by atoms with Crippen molar-refractivity contribution >= 4 is 36.3 Å². The Morgan fingerprint density at radius 1 is 1.06 bits per heavy atom. The molecule has 0 saturated carbocycles. The Balaban J connectivity index is 3.00. The molecule has 14 heteroatoms. The lowest BCUT2D eigenvalue weighted by Crippen LogP contribution is -2.61. The number of aliphatic hydroxyl groups excluding tert-OH is 2. The number of aromatic amines is 1. The van der Waals surface area contributed by atoms with Crippen molar-refractivity contribution in [2.75, 3.05) is 5.75 Å². The fourth-order valence-corrected chi connectivity index (χ4v) is 2.67. The van der Waals surface area contributed by atoms with Gasteiger partial charge in [-0.2, -0.15) is 12.6 Å². The monoisotopic (exact) mass is 460 g/mol. The summed E-state index contributed by atoms with van der Waals surface area (Å²) in [4.78, 5) is 55.2.